The Morgan fingerprint density at radius 2 is 1.96 bits per heavy atom. The maximum absolute atomic E-state index is 12.6. The van der Waals surface area contributed by atoms with Crippen molar-refractivity contribution in [2.24, 2.45) is 5.92 Å². The molecule has 5 heteroatoms. The number of carbonyl (C=O) groups excluding carboxylic acids is 2. The van der Waals surface area contributed by atoms with Crippen LogP contribution in [0, 0.1) is 19.8 Å². The lowest BCUT2D eigenvalue weighted by Gasteiger charge is -2.36. The number of nitrogens with zero attached hydrogens (tertiary/aromatic N) is 2. The van der Waals surface area contributed by atoms with Crippen molar-refractivity contribution in [3.63, 3.8) is 0 Å². The summed E-state index contributed by atoms with van der Waals surface area (Å²) in [5, 5.41) is 0. The number of rotatable bonds is 3. The van der Waals surface area contributed by atoms with E-state index in [1.165, 1.54) is 0 Å². The number of hydrogen-bond acceptors (Lipinski definition) is 3. The molecule has 1 aromatic heterocycles. The molecule has 1 aromatic rings. The van der Waals surface area contributed by atoms with E-state index in [1.54, 1.807) is 0 Å². The van der Waals surface area contributed by atoms with Gasteiger partial charge in [0.2, 0.25) is 5.91 Å². The first-order chi connectivity index (χ1) is 11.0. The molecule has 2 amide bonds. The second-order valence-electron chi connectivity index (χ2n) is 6.86. The third-order valence-corrected chi connectivity index (χ3v) is 5.07. The summed E-state index contributed by atoms with van der Waals surface area (Å²) in [5.74, 6) is 2.39. The molecule has 0 unspecified atom stereocenters. The van der Waals surface area contributed by atoms with Gasteiger partial charge < -0.3 is 14.2 Å². The van der Waals surface area contributed by atoms with Crippen LogP contribution in [0.1, 0.15) is 54.0 Å². The lowest BCUT2D eigenvalue weighted by atomic mass is 9.94. The van der Waals surface area contributed by atoms with Crippen LogP contribution in [0.25, 0.3) is 0 Å². The van der Waals surface area contributed by atoms with E-state index in [0.717, 1.165) is 57.6 Å². The van der Waals surface area contributed by atoms with Crippen molar-refractivity contribution in [1.29, 1.82) is 0 Å². The molecular weight excluding hydrogens is 292 g/mol. The third kappa shape index (κ3) is 3.59. The summed E-state index contributed by atoms with van der Waals surface area (Å²) >= 11 is 0. The summed E-state index contributed by atoms with van der Waals surface area (Å²) in [6.07, 6.45) is 4.82. The monoisotopic (exact) mass is 318 g/mol. The molecule has 0 radical (unpaired) electrons. The highest BCUT2D eigenvalue weighted by molar-refractivity contribution is 5.95. The summed E-state index contributed by atoms with van der Waals surface area (Å²) in [6, 6.07) is 1.83. The first-order valence-corrected chi connectivity index (χ1v) is 8.68. The van der Waals surface area contributed by atoms with Crippen LogP contribution in [0.4, 0.5) is 0 Å². The van der Waals surface area contributed by atoms with Crippen LogP contribution in [-0.4, -0.2) is 47.8 Å². The number of amides is 2. The Bertz CT molecular complexity index is 585. The SMILES string of the molecule is Cc1cc(C(=O)N2CCC(CN3CCCCC3=O)CC2)c(C)o1. The predicted molar refractivity (Wildman–Crippen MR) is 87.2 cm³/mol. The van der Waals surface area contributed by atoms with Crippen molar-refractivity contribution < 1.29 is 14.0 Å². The van der Waals surface area contributed by atoms with Crippen LogP contribution < -0.4 is 0 Å². The predicted octanol–water partition coefficient (Wildman–Crippen LogP) is 2.76. The zero-order valence-corrected chi connectivity index (χ0v) is 14.1. The maximum atomic E-state index is 12.6. The fourth-order valence-corrected chi connectivity index (χ4v) is 3.70. The number of carbonyl (C=O) groups is 2. The molecule has 2 aliphatic heterocycles. The van der Waals surface area contributed by atoms with Gasteiger partial charge in [0.15, 0.2) is 0 Å². The molecule has 0 atom stereocenters. The first-order valence-electron chi connectivity index (χ1n) is 8.68. The fourth-order valence-electron chi connectivity index (χ4n) is 3.70. The van der Waals surface area contributed by atoms with E-state index in [1.807, 2.05) is 29.7 Å². The van der Waals surface area contributed by atoms with Crippen molar-refractivity contribution in [3.05, 3.63) is 23.2 Å². The minimum absolute atomic E-state index is 0.0758. The standard InChI is InChI=1S/C18H26N2O3/c1-13-11-16(14(2)23-13)18(22)19-9-6-15(7-10-19)12-20-8-4-3-5-17(20)21/h11,15H,3-10,12H2,1-2H3. The maximum Gasteiger partial charge on any atom is 0.257 e. The van der Waals surface area contributed by atoms with Crippen molar-refractivity contribution in [1.82, 2.24) is 9.80 Å². The highest BCUT2D eigenvalue weighted by Gasteiger charge is 2.28. The van der Waals surface area contributed by atoms with E-state index in [9.17, 15) is 9.59 Å². The zero-order valence-electron chi connectivity index (χ0n) is 14.1. The highest BCUT2D eigenvalue weighted by atomic mass is 16.3. The van der Waals surface area contributed by atoms with E-state index in [0.29, 0.717) is 29.6 Å². The molecule has 3 heterocycles. The minimum atomic E-state index is 0.0758. The van der Waals surface area contributed by atoms with E-state index in [4.69, 9.17) is 4.42 Å². The number of furan rings is 1. The Morgan fingerprint density at radius 3 is 2.57 bits per heavy atom. The molecule has 2 fully saturated rings. The van der Waals surface area contributed by atoms with Gasteiger partial charge in [-0.3, -0.25) is 9.59 Å². The summed E-state index contributed by atoms with van der Waals surface area (Å²) in [7, 11) is 0. The lowest BCUT2D eigenvalue weighted by molar-refractivity contribution is -0.134. The highest BCUT2D eigenvalue weighted by Crippen LogP contribution is 2.23. The Morgan fingerprint density at radius 1 is 1.22 bits per heavy atom. The van der Waals surface area contributed by atoms with Gasteiger partial charge in [0.05, 0.1) is 5.56 Å². The van der Waals surface area contributed by atoms with Gasteiger partial charge in [0, 0.05) is 32.6 Å². The van der Waals surface area contributed by atoms with E-state index in [-0.39, 0.29) is 5.91 Å². The van der Waals surface area contributed by atoms with Crippen LogP contribution >= 0.6 is 0 Å². The van der Waals surface area contributed by atoms with Crippen LogP contribution in [0.5, 0.6) is 0 Å². The number of hydrogen-bond donors (Lipinski definition) is 0. The van der Waals surface area contributed by atoms with Crippen molar-refractivity contribution in [3.8, 4) is 0 Å². The molecule has 3 rings (SSSR count). The molecule has 0 bridgehead atoms. The fraction of sp³-hybridized carbons (Fsp3) is 0.667. The minimum Gasteiger partial charge on any atom is -0.466 e. The topological polar surface area (TPSA) is 53.8 Å². The molecule has 0 saturated carbocycles. The van der Waals surface area contributed by atoms with Crippen LogP contribution in [0.15, 0.2) is 10.5 Å². The van der Waals surface area contributed by atoms with E-state index < -0.39 is 0 Å². The molecule has 126 valence electrons. The van der Waals surface area contributed by atoms with Gasteiger partial charge in [0.25, 0.3) is 5.91 Å². The average Bonchev–Trinajstić information content (AvgIpc) is 2.88. The summed E-state index contributed by atoms with van der Waals surface area (Å²) in [4.78, 5) is 28.4. The molecule has 2 aliphatic rings. The quantitative estimate of drug-likeness (QED) is 0.861. The molecular formula is C18H26N2O3. The molecule has 0 spiro atoms. The van der Waals surface area contributed by atoms with Crippen LogP contribution in [0.3, 0.4) is 0 Å². The van der Waals surface area contributed by atoms with Gasteiger partial charge in [-0.25, -0.2) is 0 Å². The Hall–Kier alpha value is -1.78. The average molecular weight is 318 g/mol. The van der Waals surface area contributed by atoms with E-state index in [2.05, 4.69) is 0 Å². The first kappa shape index (κ1) is 16.1. The lowest BCUT2D eigenvalue weighted by Crippen LogP contribution is -2.44. The second kappa shape index (κ2) is 6.77. The van der Waals surface area contributed by atoms with Gasteiger partial charge in [-0.2, -0.15) is 0 Å². The van der Waals surface area contributed by atoms with Gasteiger partial charge >= 0.3 is 0 Å². The molecule has 0 aliphatic carbocycles. The third-order valence-electron chi connectivity index (χ3n) is 5.07. The van der Waals surface area contributed by atoms with Gasteiger partial charge in [0.1, 0.15) is 11.5 Å². The summed E-state index contributed by atoms with van der Waals surface area (Å²) < 4.78 is 5.47. The molecule has 0 N–H and O–H groups in total. The molecule has 23 heavy (non-hydrogen) atoms. The van der Waals surface area contributed by atoms with Gasteiger partial charge in [-0.05, 0) is 51.5 Å². The Balaban J connectivity index is 1.53. The second-order valence-corrected chi connectivity index (χ2v) is 6.86. The number of piperidine rings is 2. The largest absolute Gasteiger partial charge is 0.466 e. The van der Waals surface area contributed by atoms with Gasteiger partial charge in [-0.1, -0.05) is 0 Å². The van der Waals surface area contributed by atoms with Crippen molar-refractivity contribution in [2.45, 2.75) is 46.0 Å². The molecule has 0 aromatic carbocycles. The number of likely N-dealkylation sites (tertiary alicyclic amines) is 2. The molecule has 5 nitrogen and oxygen atoms in total. The van der Waals surface area contributed by atoms with Gasteiger partial charge in [-0.15, -0.1) is 0 Å². The normalized spacial score (nSPS) is 20.2. The van der Waals surface area contributed by atoms with Crippen LogP contribution in [0.2, 0.25) is 0 Å². The van der Waals surface area contributed by atoms with Crippen LogP contribution in [-0.2, 0) is 4.79 Å². The Labute approximate surface area is 137 Å². The summed E-state index contributed by atoms with van der Waals surface area (Å²) in [6.45, 7) is 7.03. The van der Waals surface area contributed by atoms with E-state index >= 15 is 0 Å². The van der Waals surface area contributed by atoms with Crippen molar-refractivity contribution >= 4 is 11.8 Å². The smallest absolute Gasteiger partial charge is 0.257 e. The summed E-state index contributed by atoms with van der Waals surface area (Å²) in [5.41, 5.74) is 0.687. The zero-order chi connectivity index (χ0) is 16.4. The Kier molecular flexibility index (Phi) is 4.74. The van der Waals surface area contributed by atoms with Crippen molar-refractivity contribution in [2.75, 3.05) is 26.2 Å². The molecule has 2 saturated heterocycles. The number of aryl methyl sites for hydroxylation is 2.